The molecule has 5 heterocycles. The van der Waals surface area contributed by atoms with Crippen LogP contribution in [0.25, 0.3) is 22.2 Å². The number of amides is 2. The molecule has 272 valence electrons. The summed E-state index contributed by atoms with van der Waals surface area (Å²) in [6, 6.07) is 17.3. The minimum absolute atomic E-state index is 0.00681. The van der Waals surface area contributed by atoms with E-state index in [1.165, 1.54) is 26.1 Å². The van der Waals surface area contributed by atoms with Gasteiger partial charge in [-0.25, -0.2) is 4.72 Å². The number of piperidine rings is 1. The Bertz CT molecular complexity index is 2320. The van der Waals surface area contributed by atoms with Crippen LogP contribution in [-0.4, -0.2) is 72.9 Å². The number of nitrogens with zero attached hydrogens (tertiary/aromatic N) is 4. The molecule has 2 bridgehead atoms. The van der Waals surface area contributed by atoms with Crippen LogP contribution in [0, 0.1) is 11.3 Å². The van der Waals surface area contributed by atoms with Gasteiger partial charge in [-0.05, 0) is 85.0 Å². The highest BCUT2D eigenvalue weighted by atomic mass is 32.2. The molecule has 0 spiro atoms. The molecule has 12 heteroatoms. The number of ether oxygens (including phenoxy) is 1. The van der Waals surface area contributed by atoms with E-state index in [9.17, 15) is 18.0 Å². The van der Waals surface area contributed by atoms with Gasteiger partial charge in [-0.3, -0.25) is 14.4 Å². The lowest BCUT2D eigenvalue weighted by Gasteiger charge is -2.44. The molecular formula is C40H45N5O6S. The van der Waals surface area contributed by atoms with Crippen LogP contribution in [0.1, 0.15) is 89.9 Å². The van der Waals surface area contributed by atoms with Crippen molar-refractivity contribution in [3.8, 4) is 17.0 Å². The Kier molecular flexibility index (Phi) is 7.75. The van der Waals surface area contributed by atoms with E-state index in [-0.39, 0.29) is 34.8 Å². The third kappa shape index (κ3) is 5.15. The highest BCUT2D eigenvalue weighted by Crippen LogP contribution is 2.66. The second-order valence-corrected chi connectivity index (χ2v) is 17.8. The molecule has 0 radical (unpaired) electrons. The number of fused-ring (bicyclic) bond motifs is 11. The Hall–Kier alpha value is -4.42. The van der Waals surface area contributed by atoms with Crippen molar-refractivity contribution in [3.63, 3.8) is 0 Å². The zero-order chi connectivity index (χ0) is 36.1. The minimum atomic E-state index is -4.00. The largest absolute Gasteiger partial charge is 0.497 e. The smallest absolute Gasteiger partial charge is 0.303 e. The second-order valence-electron chi connectivity index (χ2n) is 15.9. The Labute approximate surface area is 303 Å². The van der Waals surface area contributed by atoms with Gasteiger partial charge < -0.3 is 18.8 Å². The Morgan fingerprint density at radius 1 is 0.942 bits per heavy atom. The monoisotopic (exact) mass is 723 g/mol. The molecule has 1 saturated heterocycles. The van der Waals surface area contributed by atoms with E-state index in [1.54, 1.807) is 19.2 Å². The predicted octanol–water partition coefficient (Wildman–Crippen LogP) is 5.20. The first-order valence-electron chi connectivity index (χ1n) is 18.6. The van der Waals surface area contributed by atoms with Crippen molar-refractivity contribution in [2.45, 2.75) is 75.8 Å². The zero-order valence-electron chi connectivity index (χ0n) is 29.9. The number of hydrogen-bond donors (Lipinski definition) is 1. The van der Waals surface area contributed by atoms with Crippen molar-refractivity contribution in [1.82, 2.24) is 23.1 Å². The summed E-state index contributed by atoms with van der Waals surface area (Å²) in [7, 11) is 0.436. The highest BCUT2D eigenvalue weighted by Gasteiger charge is 2.64. The molecule has 4 aromatic rings. The van der Waals surface area contributed by atoms with Crippen LogP contribution >= 0.6 is 0 Å². The summed E-state index contributed by atoms with van der Waals surface area (Å²) in [4.78, 5) is 43.4. The van der Waals surface area contributed by atoms with Gasteiger partial charge in [0.2, 0.25) is 5.91 Å². The first-order chi connectivity index (χ1) is 25.0. The van der Waals surface area contributed by atoms with Crippen LogP contribution in [0.3, 0.4) is 0 Å². The Balaban J connectivity index is 1.19. The zero-order valence-corrected chi connectivity index (χ0v) is 30.7. The van der Waals surface area contributed by atoms with E-state index in [0.29, 0.717) is 38.5 Å². The summed E-state index contributed by atoms with van der Waals surface area (Å²) < 4.78 is 38.4. The molecular weight excluding hydrogens is 679 g/mol. The van der Waals surface area contributed by atoms with Gasteiger partial charge in [0.05, 0.1) is 18.2 Å². The highest BCUT2D eigenvalue weighted by molar-refractivity contribution is 7.87. The average molecular weight is 724 g/mol. The minimum Gasteiger partial charge on any atom is -0.497 e. The number of hydrogen-bond acceptors (Lipinski definition) is 6. The number of likely N-dealkylation sites (tertiary alicyclic amines) is 1. The van der Waals surface area contributed by atoms with Gasteiger partial charge in [0.15, 0.2) is 0 Å². The molecule has 2 amide bonds. The fraction of sp³-hybridized carbons (Fsp3) is 0.475. The van der Waals surface area contributed by atoms with E-state index < -0.39 is 21.5 Å². The number of benzene rings is 2. The molecule has 2 saturated carbocycles. The number of methoxy groups -OCH3 is 1. The third-order valence-electron chi connectivity index (χ3n) is 12.7. The summed E-state index contributed by atoms with van der Waals surface area (Å²) in [5, 5.41) is 1.05. The van der Waals surface area contributed by atoms with E-state index in [0.717, 1.165) is 75.6 Å². The quantitative estimate of drug-likeness (QED) is 0.292. The van der Waals surface area contributed by atoms with Gasteiger partial charge in [0.25, 0.3) is 11.5 Å². The van der Waals surface area contributed by atoms with Crippen LogP contribution in [0.4, 0.5) is 0 Å². The van der Waals surface area contributed by atoms with Crippen LogP contribution in [-0.2, 0) is 28.1 Å². The van der Waals surface area contributed by atoms with Crippen LogP contribution < -0.4 is 15.0 Å². The lowest BCUT2D eigenvalue weighted by Crippen LogP contribution is -2.51. The number of carbonyl (C=O) groups excluding carboxylic acids is 2. The van der Waals surface area contributed by atoms with Gasteiger partial charge in [-0.15, -0.1) is 0 Å². The van der Waals surface area contributed by atoms with Crippen molar-refractivity contribution in [1.29, 1.82) is 0 Å². The molecule has 3 aliphatic heterocycles. The third-order valence-corrected chi connectivity index (χ3v) is 14.1. The van der Waals surface area contributed by atoms with Gasteiger partial charge >= 0.3 is 10.2 Å². The number of nitrogens with one attached hydrogen (secondary N) is 1. The molecule has 1 N–H and O–H groups in total. The fourth-order valence-corrected chi connectivity index (χ4v) is 10.6. The summed E-state index contributed by atoms with van der Waals surface area (Å²) in [6.45, 7) is 2.27. The van der Waals surface area contributed by atoms with Crippen molar-refractivity contribution < 1.29 is 22.7 Å². The first kappa shape index (κ1) is 33.4. The number of aromatic nitrogens is 2. The van der Waals surface area contributed by atoms with Crippen molar-refractivity contribution in [2.24, 2.45) is 11.3 Å². The maximum absolute atomic E-state index is 15.2. The van der Waals surface area contributed by atoms with Gasteiger partial charge in [-0.1, -0.05) is 31.4 Å². The number of pyridine rings is 1. The molecule has 2 aliphatic carbocycles. The van der Waals surface area contributed by atoms with Gasteiger partial charge in [0.1, 0.15) is 5.75 Å². The lowest BCUT2D eigenvalue weighted by molar-refractivity contribution is -0.140. The maximum Gasteiger partial charge on any atom is 0.303 e. The molecule has 2 aromatic heterocycles. The van der Waals surface area contributed by atoms with E-state index >= 15 is 4.79 Å². The standard InChI is InChI=1S/C40H45N5O6S/c1-42(2)52(49,50)41-38(47)26-12-14-30-34(17-26)45-23-40(39(48)43-20-24-16-27(22-43)33-10-7-11-35(46)44(33)21-24)19-32(40)31-18-28(51-3)13-15-29(31)37(45)36(30)25-8-5-4-6-9-25/h7,10-15,17-18,24-25,27,32H,4-6,8-9,16,19-23H2,1-3H3,(H,41,47)/t24?,27-,32?,40?/m0/s1. The van der Waals surface area contributed by atoms with E-state index in [4.69, 9.17) is 4.74 Å². The summed E-state index contributed by atoms with van der Waals surface area (Å²) in [6.07, 6.45) is 7.30. The second kappa shape index (κ2) is 12.1. The molecule has 11 nitrogen and oxygen atoms in total. The SMILES string of the molecule is COc1ccc2c(c1)C1CC1(C(=O)N1CC3C[C@@H](C1)c1cccc(=O)n1C3)Cn1c-2c(C2CCCCC2)c2ccc(C(=O)NS(=O)(=O)N(C)C)cc21. The molecule has 9 rings (SSSR count). The average Bonchev–Trinajstić information content (AvgIpc) is 3.81. The normalized spacial score (nSPS) is 25.1. The van der Waals surface area contributed by atoms with Crippen molar-refractivity contribution in [2.75, 3.05) is 34.3 Å². The maximum atomic E-state index is 15.2. The fourth-order valence-electron chi connectivity index (χ4n) is 10.1. The van der Waals surface area contributed by atoms with Crippen LogP contribution in [0.15, 0.2) is 59.4 Å². The van der Waals surface area contributed by atoms with Gasteiger partial charge in [0, 0.05) is 85.9 Å². The Morgan fingerprint density at radius 3 is 2.52 bits per heavy atom. The van der Waals surface area contributed by atoms with Crippen LogP contribution in [0.2, 0.25) is 0 Å². The molecule has 4 atom stereocenters. The van der Waals surface area contributed by atoms with Crippen LogP contribution in [0.5, 0.6) is 5.75 Å². The van der Waals surface area contributed by atoms with E-state index in [1.807, 2.05) is 34.9 Å². The topological polar surface area (TPSA) is 123 Å². The predicted molar refractivity (Wildman–Crippen MR) is 198 cm³/mol. The Morgan fingerprint density at radius 2 is 1.75 bits per heavy atom. The molecule has 2 aromatic carbocycles. The number of rotatable bonds is 6. The molecule has 5 aliphatic rings. The number of carbonyl (C=O) groups is 2. The summed E-state index contributed by atoms with van der Waals surface area (Å²) >= 11 is 0. The van der Waals surface area contributed by atoms with Crippen molar-refractivity contribution in [3.05, 3.63) is 87.3 Å². The van der Waals surface area contributed by atoms with Gasteiger partial charge in [-0.2, -0.15) is 12.7 Å². The summed E-state index contributed by atoms with van der Waals surface area (Å²) in [5.74, 6) is 0.840. The summed E-state index contributed by atoms with van der Waals surface area (Å²) in [5.41, 5.74) is 6.00. The van der Waals surface area contributed by atoms with E-state index in [2.05, 4.69) is 26.3 Å². The molecule has 3 unspecified atom stereocenters. The lowest BCUT2D eigenvalue weighted by atomic mass is 9.81. The molecule has 52 heavy (non-hydrogen) atoms. The first-order valence-corrected chi connectivity index (χ1v) is 20.0. The van der Waals surface area contributed by atoms with Crippen molar-refractivity contribution >= 4 is 32.9 Å². The molecule has 3 fully saturated rings.